The molecule has 0 atom stereocenters. The van der Waals surface area contributed by atoms with Gasteiger partial charge in [0.25, 0.3) is 10.6 Å². The zero-order valence-electron chi connectivity index (χ0n) is 17.0. The van der Waals surface area contributed by atoms with E-state index in [9.17, 15) is 4.79 Å². The van der Waals surface area contributed by atoms with Gasteiger partial charge in [-0.25, -0.2) is 0 Å². The maximum Gasteiger partial charge on any atom is 0.270 e. The van der Waals surface area contributed by atoms with E-state index >= 15 is 0 Å². The lowest BCUT2D eigenvalue weighted by Gasteiger charge is -1.98. The Kier molecular flexibility index (Phi) is 6.26. The van der Waals surface area contributed by atoms with Gasteiger partial charge in [0.2, 0.25) is 5.69 Å². The maximum absolute atomic E-state index is 12.9. The van der Waals surface area contributed by atoms with Crippen LogP contribution in [0.15, 0.2) is 70.8 Å². The number of hydrogen-bond donors (Lipinski definition) is 1. The number of aromatic nitrogens is 2. The number of nitrogens with one attached hydrogen (secondary N) is 1. The van der Waals surface area contributed by atoms with Crippen LogP contribution in [-0.2, 0) is 13.1 Å². The smallest absolute Gasteiger partial charge is 0.270 e. The summed E-state index contributed by atoms with van der Waals surface area (Å²) < 4.78 is 5.81. The van der Waals surface area contributed by atoms with Crippen molar-refractivity contribution in [1.29, 1.82) is 0 Å². The Labute approximate surface area is 183 Å². The maximum atomic E-state index is 12.9. The molecule has 6 heteroatoms. The van der Waals surface area contributed by atoms with Crippen LogP contribution in [0.4, 0.5) is 5.69 Å². The van der Waals surface area contributed by atoms with Crippen molar-refractivity contribution >= 4 is 40.6 Å². The third-order valence-corrected chi connectivity index (χ3v) is 6.86. The minimum absolute atomic E-state index is 0.0417. The first-order chi connectivity index (χ1) is 14.7. The van der Waals surface area contributed by atoms with Gasteiger partial charge < -0.3 is 5.32 Å². The molecule has 0 saturated heterocycles. The summed E-state index contributed by atoms with van der Waals surface area (Å²) in [5, 5.41) is 6.57. The fourth-order valence-corrected chi connectivity index (χ4v) is 5.50. The minimum Gasteiger partial charge on any atom is -0.360 e. The van der Waals surface area contributed by atoms with Crippen molar-refractivity contribution in [1.82, 2.24) is 4.57 Å². The SMILES string of the molecule is CCn1c(=O)c(=CNc2ccccc2)s/c1=C\c1scc(-c2ccccc2)[n+]1CC. The average molecular weight is 435 g/mol. The first-order valence-electron chi connectivity index (χ1n) is 10.0. The van der Waals surface area contributed by atoms with E-state index in [1.54, 1.807) is 11.3 Å². The van der Waals surface area contributed by atoms with Crippen molar-refractivity contribution in [3.63, 3.8) is 0 Å². The normalized spacial score (nSPS) is 12.5. The molecular weight excluding hydrogens is 410 g/mol. The molecule has 4 nitrogen and oxygen atoms in total. The lowest BCUT2D eigenvalue weighted by atomic mass is 10.2. The molecule has 0 aliphatic carbocycles. The summed E-state index contributed by atoms with van der Waals surface area (Å²) in [5.41, 5.74) is 3.41. The highest BCUT2D eigenvalue weighted by molar-refractivity contribution is 7.11. The summed E-state index contributed by atoms with van der Waals surface area (Å²) in [5.74, 6) is 0. The molecule has 0 amide bonds. The summed E-state index contributed by atoms with van der Waals surface area (Å²) in [6, 6.07) is 20.3. The third kappa shape index (κ3) is 4.15. The second-order valence-corrected chi connectivity index (χ2v) is 8.67. The molecule has 0 aliphatic rings. The molecule has 4 rings (SSSR count). The van der Waals surface area contributed by atoms with E-state index in [1.165, 1.54) is 22.6 Å². The van der Waals surface area contributed by atoms with Gasteiger partial charge in [-0.1, -0.05) is 47.7 Å². The number of anilines is 1. The zero-order valence-corrected chi connectivity index (χ0v) is 18.7. The molecule has 2 aromatic heterocycles. The molecule has 0 saturated carbocycles. The highest BCUT2D eigenvalue weighted by Crippen LogP contribution is 2.20. The van der Waals surface area contributed by atoms with Crippen molar-refractivity contribution in [3.05, 3.63) is 90.6 Å². The summed E-state index contributed by atoms with van der Waals surface area (Å²) in [7, 11) is 0. The van der Waals surface area contributed by atoms with Crippen molar-refractivity contribution in [2.24, 2.45) is 0 Å². The highest BCUT2D eigenvalue weighted by atomic mass is 32.1. The quantitative estimate of drug-likeness (QED) is 0.471. The van der Waals surface area contributed by atoms with Crippen LogP contribution in [0.25, 0.3) is 23.5 Å². The number of nitrogens with zero attached hydrogens (tertiary/aromatic N) is 2. The number of benzene rings is 2. The Hall–Kier alpha value is -2.96. The van der Waals surface area contributed by atoms with Gasteiger partial charge in [0.1, 0.15) is 15.7 Å². The van der Waals surface area contributed by atoms with Gasteiger partial charge in [-0.2, -0.15) is 4.57 Å². The van der Waals surface area contributed by atoms with E-state index in [-0.39, 0.29) is 5.56 Å². The molecule has 0 aliphatic heterocycles. The highest BCUT2D eigenvalue weighted by Gasteiger charge is 2.19. The van der Waals surface area contributed by atoms with Crippen LogP contribution in [-0.4, -0.2) is 4.57 Å². The molecule has 2 aromatic carbocycles. The van der Waals surface area contributed by atoms with Crippen LogP contribution in [0.2, 0.25) is 0 Å². The summed E-state index contributed by atoms with van der Waals surface area (Å²) >= 11 is 3.23. The van der Waals surface area contributed by atoms with Crippen LogP contribution in [0.1, 0.15) is 18.9 Å². The van der Waals surface area contributed by atoms with Crippen LogP contribution in [0.5, 0.6) is 0 Å². The molecule has 30 heavy (non-hydrogen) atoms. The molecule has 0 radical (unpaired) electrons. The van der Waals surface area contributed by atoms with E-state index in [4.69, 9.17) is 0 Å². The molecular formula is C24H24N3OS2+. The number of thiazole rings is 2. The molecule has 0 unspecified atom stereocenters. The first-order valence-corrected chi connectivity index (χ1v) is 11.7. The van der Waals surface area contributed by atoms with Crippen molar-refractivity contribution in [2.45, 2.75) is 26.9 Å². The lowest BCUT2D eigenvalue weighted by Crippen LogP contribution is -2.36. The van der Waals surface area contributed by atoms with E-state index in [0.29, 0.717) is 11.1 Å². The van der Waals surface area contributed by atoms with Gasteiger partial charge in [0.15, 0.2) is 0 Å². The standard InChI is InChI=1S/C24H23N3OS2/c1-3-26-20(18-11-7-5-8-12-18)17-29-22(26)15-23-27(4-2)24(28)21(30-23)16-25-19-13-9-6-10-14-19/h5-17H,3-4H2,1-2H3/p+1. The molecule has 2 heterocycles. The Morgan fingerprint density at radius 2 is 1.73 bits per heavy atom. The minimum atomic E-state index is 0.0417. The Morgan fingerprint density at radius 3 is 2.40 bits per heavy atom. The molecule has 152 valence electrons. The van der Waals surface area contributed by atoms with E-state index in [0.717, 1.165) is 21.9 Å². The van der Waals surface area contributed by atoms with Crippen LogP contribution >= 0.6 is 22.7 Å². The number of para-hydroxylation sites is 1. The van der Waals surface area contributed by atoms with Gasteiger partial charge in [-0.3, -0.25) is 9.36 Å². The van der Waals surface area contributed by atoms with Crippen LogP contribution in [0, 0.1) is 0 Å². The van der Waals surface area contributed by atoms with Gasteiger partial charge >= 0.3 is 0 Å². The molecule has 1 N–H and O–H groups in total. The molecule has 0 bridgehead atoms. The predicted octanol–water partition coefficient (Wildman–Crippen LogP) is 3.64. The predicted molar refractivity (Wildman–Crippen MR) is 127 cm³/mol. The fraction of sp³-hybridized carbons (Fsp3) is 0.167. The second kappa shape index (κ2) is 9.24. The molecule has 0 fully saturated rings. The van der Waals surface area contributed by atoms with Crippen molar-refractivity contribution in [3.8, 4) is 11.3 Å². The van der Waals surface area contributed by atoms with Crippen molar-refractivity contribution < 1.29 is 4.57 Å². The third-order valence-electron chi connectivity index (χ3n) is 4.88. The van der Waals surface area contributed by atoms with E-state index < -0.39 is 0 Å². The molecule has 4 aromatic rings. The van der Waals surface area contributed by atoms with Gasteiger partial charge in [-0.05, 0) is 38.1 Å². The molecule has 0 spiro atoms. The van der Waals surface area contributed by atoms with Crippen LogP contribution < -0.4 is 24.6 Å². The van der Waals surface area contributed by atoms with Crippen LogP contribution in [0.3, 0.4) is 0 Å². The fourth-order valence-electron chi connectivity index (χ4n) is 3.36. The van der Waals surface area contributed by atoms with E-state index in [1.807, 2.05) is 54.1 Å². The Bertz CT molecular complexity index is 1300. The summed E-state index contributed by atoms with van der Waals surface area (Å²) in [4.78, 5) is 12.9. The average Bonchev–Trinajstić information content (AvgIpc) is 3.33. The zero-order chi connectivity index (χ0) is 20.9. The lowest BCUT2D eigenvalue weighted by molar-refractivity contribution is -0.679. The van der Waals surface area contributed by atoms with Crippen molar-refractivity contribution in [2.75, 3.05) is 5.32 Å². The number of rotatable bonds is 6. The first kappa shape index (κ1) is 20.3. The van der Waals surface area contributed by atoms with Gasteiger partial charge in [0, 0.05) is 24.0 Å². The summed E-state index contributed by atoms with van der Waals surface area (Å²) in [6.45, 7) is 5.68. The number of hydrogen-bond acceptors (Lipinski definition) is 4. The largest absolute Gasteiger partial charge is 0.360 e. The monoisotopic (exact) mass is 434 g/mol. The van der Waals surface area contributed by atoms with E-state index in [2.05, 4.69) is 52.5 Å². The Balaban J connectivity index is 1.78. The second-order valence-electron chi connectivity index (χ2n) is 6.72. The van der Waals surface area contributed by atoms with Gasteiger partial charge in [-0.15, -0.1) is 11.3 Å². The van der Waals surface area contributed by atoms with Gasteiger partial charge in [0.05, 0.1) is 11.5 Å². The Morgan fingerprint density at radius 1 is 1.03 bits per heavy atom. The summed E-state index contributed by atoms with van der Waals surface area (Å²) in [6.07, 6.45) is 3.94. The topological polar surface area (TPSA) is 37.9 Å².